The monoisotopic (exact) mass is 642 g/mol. The number of hydrogen-bond donors (Lipinski definition) is 1. The van der Waals surface area contributed by atoms with Crippen LogP contribution in [0.2, 0.25) is 0 Å². The number of hydrogen-bond acceptors (Lipinski definition) is 10. The van der Waals surface area contributed by atoms with E-state index in [2.05, 4.69) is 0 Å². The number of aliphatic hydroxyl groups is 1. The van der Waals surface area contributed by atoms with Gasteiger partial charge in [-0.15, -0.1) is 11.8 Å². The van der Waals surface area contributed by atoms with Gasteiger partial charge in [0.05, 0.1) is 23.9 Å². The first-order valence-corrected chi connectivity index (χ1v) is 12.6. The van der Waals surface area contributed by atoms with Gasteiger partial charge in [-0.2, -0.15) is 13.2 Å². The van der Waals surface area contributed by atoms with Crippen LogP contribution in [0.5, 0.6) is 0 Å². The zero-order valence-corrected chi connectivity index (χ0v) is 22.4. The summed E-state index contributed by atoms with van der Waals surface area (Å²) in [6, 6.07) is 0. The van der Waals surface area contributed by atoms with Gasteiger partial charge >= 0.3 is 24.3 Å². The van der Waals surface area contributed by atoms with Crippen molar-refractivity contribution in [3.8, 4) is 0 Å². The van der Waals surface area contributed by atoms with E-state index in [1.54, 1.807) is 13.8 Å². The van der Waals surface area contributed by atoms with E-state index in [0.717, 1.165) is 0 Å². The number of Topliss-reactive ketones (excluding diaryl/α,β-unsaturated/α-hetero) is 1. The van der Waals surface area contributed by atoms with Crippen molar-refractivity contribution in [2.45, 2.75) is 118 Å². The maximum Gasteiger partial charge on any atom is 0.509 e. The predicted octanol–water partition coefficient (Wildman–Crippen LogP) is 8.10. The number of alkyl halides is 3. The Kier molecular flexibility index (Phi) is 33.9. The highest BCUT2D eigenvalue weighted by atomic mass is 32.2. The first kappa shape index (κ1) is 55.9. The molecule has 9 nitrogen and oxygen atoms in total. The van der Waals surface area contributed by atoms with Gasteiger partial charge in [0.15, 0.2) is 0 Å². The molecule has 0 aromatic carbocycles. The fraction of sp³-hybridized carbons (Fsp3) is 0.862. The maximum atomic E-state index is 12.6. The van der Waals surface area contributed by atoms with Crippen molar-refractivity contribution in [3.63, 3.8) is 0 Å². The molecule has 3 atom stereocenters. The van der Waals surface area contributed by atoms with Crippen LogP contribution in [0.15, 0.2) is 0 Å². The minimum Gasteiger partial charge on any atom is -0.465 e. The molecule has 3 unspecified atom stereocenters. The lowest BCUT2D eigenvalue weighted by Crippen LogP contribution is -2.39. The van der Waals surface area contributed by atoms with Gasteiger partial charge in [0.2, 0.25) is 0 Å². The Balaban J connectivity index is -0.000000408. The lowest BCUT2D eigenvalue weighted by Gasteiger charge is -2.33. The summed E-state index contributed by atoms with van der Waals surface area (Å²) in [6.07, 6.45) is -7.96. The fourth-order valence-electron chi connectivity index (χ4n) is 2.88. The smallest absolute Gasteiger partial charge is 0.465 e. The maximum absolute atomic E-state index is 12.6. The lowest BCUT2D eigenvalue weighted by atomic mass is 9.72. The zero-order valence-electron chi connectivity index (χ0n) is 21.6. The molecular formula is C29H61F3O9S. The third-order valence-corrected chi connectivity index (χ3v) is 6.42. The van der Waals surface area contributed by atoms with E-state index in [9.17, 15) is 37.5 Å². The summed E-state index contributed by atoms with van der Waals surface area (Å²) in [5, 5.41) is 9.93. The summed E-state index contributed by atoms with van der Waals surface area (Å²) in [6.45, 7) is 7.54. The number of ketones is 1. The van der Waals surface area contributed by atoms with Crippen LogP contribution in [0.1, 0.15) is 105 Å². The standard InChI is InChI=1S/C23H37F3O9S.6CH4/c1-7-22(6,19(30)32-9-8-23(24,25)26)13-21(4,5)18(29)33-10-17(28)11-34-20(31)35-14-36-12-15(2)16(3)27;;;;;;/h15,17,28H,7-14H2,1-6H3;6*1H4. The number of aliphatic hydroxyl groups excluding tert-OH is 1. The van der Waals surface area contributed by atoms with Crippen molar-refractivity contribution in [1.29, 1.82) is 0 Å². The minimum atomic E-state index is -4.46. The minimum absolute atomic E-state index is 0. The van der Waals surface area contributed by atoms with E-state index in [1.807, 2.05) is 0 Å². The van der Waals surface area contributed by atoms with Crippen molar-refractivity contribution in [3.05, 3.63) is 0 Å². The van der Waals surface area contributed by atoms with Gasteiger partial charge in [0.1, 0.15) is 31.0 Å². The first-order valence-electron chi connectivity index (χ1n) is 11.4. The Morgan fingerprint density at radius 3 is 1.79 bits per heavy atom. The fourth-order valence-corrected chi connectivity index (χ4v) is 3.74. The van der Waals surface area contributed by atoms with Gasteiger partial charge in [-0.1, -0.05) is 58.4 Å². The topological polar surface area (TPSA) is 125 Å². The molecule has 1 N–H and O–H groups in total. The number of carbonyl (C=O) groups is 4. The number of halogens is 3. The normalized spacial score (nSPS) is 13.1. The first-order chi connectivity index (χ1) is 16.4. The van der Waals surface area contributed by atoms with Crippen LogP contribution in [0.4, 0.5) is 18.0 Å². The molecule has 13 heteroatoms. The van der Waals surface area contributed by atoms with Crippen LogP contribution in [-0.2, 0) is 33.3 Å². The Bertz CT molecular complexity index is 746. The molecule has 0 rings (SSSR count). The SMILES string of the molecule is C.C.C.C.C.C.CCC(C)(CC(C)(C)C(=O)OCC(O)COC(=O)OCSCC(C)C(C)=O)C(=O)OCCC(F)(F)F. The second kappa shape index (κ2) is 25.5. The lowest BCUT2D eigenvalue weighted by molar-refractivity contribution is -0.171. The van der Waals surface area contributed by atoms with E-state index < -0.39 is 67.4 Å². The summed E-state index contributed by atoms with van der Waals surface area (Å²) in [4.78, 5) is 47.6. The van der Waals surface area contributed by atoms with Crippen molar-refractivity contribution < 1.29 is 56.4 Å². The molecule has 0 radical (unpaired) electrons. The number of carbonyl (C=O) groups excluding carboxylic acids is 4. The molecule has 0 amide bonds. The van der Waals surface area contributed by atoms with Crippen LogP contribution >= 0.6 is 11.8 Å². The summed E-state index contributed by atoms with van der Waals surface area (Å²) in [5.41, 5.74) is -2.47. The van der Waals surface area contributed by atoms with E-state index >= 15 is 0 Å². The number of esters is 2. The van der Waals surface area contributed by atoms with Crippen molar-refractivity contribution in [2.24, 2.45) is 16.7 Å². The molecule has 0 aromatic rings. The third-order valence-electron chi connectivity index (χ3n) is 5.40. The van der Waals surface area contributed by atoms with Crippen LogP contribution in [-0.4, -0.2) is 72.8 Å². The molecule has 0 spiro atoms. The van der Waals surface area contributed by atoms with Gasteiger partial charge in [-0.25, -0.2) is 4.79 Å². The van der Waals surface area contributed by atoms with Crippen molar-refractivity contribution in [2.75, 3.05) is 31.5 Å². The molecule has 0 bridgehead atoms. The molecule has 42 heavy (non-hydrogen) atoms. The third kappa shape index (κ3) is 23.5. The summed E-state index contributed by atoms with van der Waals surface area (Å²) in [7, 11) is 0. The average molecular weight is 643 g/mol. The van der Waals surface area contributed by atoms with Crippen LogP contribution in [0.3, 0.4) is 0 Å². The molecule has 258 valence electrons. The van der Waals surface area contributed by atoms with Gasteiger partial charge in [0.25, 0.3) is 0 Å². The molecule has 0 aliphatic heterocycles. The summed E-state index contributed by atoms with van der Waals surface area (Å²) in [5.74, 6) is -1.33. The average Bonchev–Trinajstić information content (AvgIpc) is 2.77. The van der Waals surface area contributed by atoms with Crippen LogP contribution < -0.4 is 0 Å². The Morgan fingerprint density at radius 1 is 0.833 bits per heavy atom. The van der Waals surface area contributed by atoms with E-state index in [4.69, 9.17) is 18.9 Å². The van der Waals surface area contributed by atoms with Gasteiger partial charge < -0.3 is 24.1 Å². The number of rotatable bonds is 16. The Morgan fingerprint density at radius 2 is 1.33 bits per heavy atom. The highest BCUT2D eigenvalue weighted by Gasteiger charge is 2.43. The molecule has 0 aliphatic rings. The molecule has 0 aromatic heterocycles. The van der Waals surface area contributed by atoms with Gasteiger partial charge in [0, 0.05) is 11.7 Å². The zero-order chi connectivity index (χ0) is 28.2. The van der Waals surface area contributed by atoms with E-state index in [1.165, 1.54) is 39.5 Å². The van der Waals surface area contributed by atoms with E-state index in [-0.39, 0.29) is 75.0 Å². The van der Waals surface area contributed by atoms with Gasteiger partial charge in [-0.05, 0) is 40.5 Å². The highest BCUT2D eigenvalue weighted by molar-refractivity contribution is 7.99. The molecule has 0 saturated carbocycles. The Labute approximate surface area is 258 Å². The van der Waals surface area contributed by atoms with Crippen molar-refractivity contribution >= 4 is 35.6 Å². The second-order valence-electron chi connectivity index (χ2n) is 9.43. The molecular weight excluding hydrogens is 581 g/mol. The molecule has 0 saturated heterocycles. The molecule has 0 heterocycles. The predicted molar refractivity (Wildman–Crippen MR) is 165 cm³/mol. The highest BCUT2D eigenvalue weighted by Crippen LogP contribution is 2.38. The van der Waals surface area contributed by atoms with E-state index in [0.29, 0.717) is 5.75 Å². The second-order valence-corrected chi connectivity index (χ2v) is 10.4. The van der Waals surface area contributed by atoms with Crippen LogP contribution in [0.25, 0.3) is 0 Å². The Hall–Kier alpha value is -2.02. The molecule has 0 aliphatic carbocycles. The van der Waals surface area contributed by atoms with Crippen LogP contribution in [0, 0.1) is 16.7 Å². The molecule has 0 fully saturated rings. The quantitative estimate of drug-likeness (QED) is 0.0764. The number of thioether (sulfide) groups is 1. The largest absolute Gasteiger partial charge is 0.509 e. The van der Waals surface area contributed by atoms with Gasteiger partial charge in [-0.3, -0.25) is 14.4 Å². The summed E-state index contributed by atoms with van der Waals surface area (Å²) >= 11 is 1.22. The number of ether oxygens (including phenoxy) is 4. The van der Waals surface area contributed by atoms with Crippen molar-refractivity contribution in [1.82, 2.24) is 0 Å². The summed E-state index contributed by atoms with van der Waals surface area (Å²) < 4.78 is 56.4.